The van der Waals surface area contributed by atoms with Gasteiger partial charge in [-0.1, -0.05) is 220 Å². The van der Waals surface area contributed by atoms with Crippen LogP contribution in [-0.4, -0.2) is 47.6 Å². The van der Waals surface area contributed by atoms with Crippen LogP contribution in [0.4, 0.5) is 0 Å². The normalized spacial score (nSPS) is 32.7. The topological polar surface area (TPSA) is 83.6 Å². The summed E-state index contributed by atoms with van der Waals surface area (Å²) in [6.07, 6.45) is 53.6. The zero-order valence-corrected chi connectivity index (χ0v) is 54.4. The van der Waals surface area contributed by atoms with Gasteiger partial charge in [0.15, 0.2) is 5.78 Å². The van der Waals surface area contributed by atoms with E-state index in [-0.39, 0.29) is 41.6 Å². The number of hydrogen-bond acceptors (Lipinski definition) is 7. The summed E-state index contributed by atoms with van der Waals surface area (Å²) >= 11 is 0. The van der Waals surface area contributed by atoms with E-state index in [1.54, 1.807) is 5.57 Å². The molecule has 13 atom stereocenters. The van der Waals surface area contributed by atoms with Crippen LogP contribution >= 0.6 is 0 Å². The second kappa shape index (κ2) is 32.1. The Morgan fingerprint density at radius 1 is 0.716 bits per heavy atom. The highest BCUT2D eigenvalue weighted by molar-refractivity contribution is 6.10. The molecule has 0 bridgehead atoms. The molecule has 7 aliphatic rings. The number of ether oxygens (including phenoxy) is 3. The number of unbranched alkanes of at least 4 members (excludes halogenated alkanes) is 20. The van der Waals surface area contributed by atoms with Crippen molar-refractivity contribution in [3.63, 3.8) is 0 Å². The highest BCUT2D eigenvalue weighted by Gasteiger charge is 2.60. The molecule has 0 N–H and O–H groups in total. The number of epoxide rings is 1. The number of carbonyl (C=O) groups excluding carboxylic acids is 2. The Kier molecular flexibility index (Phi) is 26.3. The Hall–Kier alpha value is -2.06. The maximum absolute atomic E-state index is 13.6. The minimum absolute atomic E-state index is 0.00215. The molecule has 2 saturated heterocycles. The molecule has 0 aromatic rings. The zero-order valence-electron chi connectivity index (χ0n) is 54.4. The molecular formula is C74H124O7. The maximum Gasteiger partial charge on any atom is 0.306 e. The number of esters is 1. The SMILES string of the molecule is CCCCC/C=C\C(OOC12O[C@](C)(CCCCCCCCCCCCCCCC)CCC1=C(C)C(=O)C(C)=C2C)C1OC1CCCCCCCC(=O)O[C@H]1CC[C@@]2(C)C(=CC[C@H]3[C@@H]4CC[C@H]([C@H](C)CCCC(C)C)[C@@]4(C)CC[C@@H]32)C1. The first-order valence-corrected chi connectivity index (χ1v) is 35.2. The molecule has 0 aromatic heterocycles. The monoisotopic (exact) mass is 1120 g/mol. The molecule has 5 fully saturated rings. The molecule has 4 unspecified atom stereocenters. The van der Waals surface area contributed by atoms with Gasteiger partial charge < -0.3 is 14.2 Å². The number of carbonyl (C=O) groups is 2. The fourth-order valence-electron chi connectivity index (χ4n) is 17.5. The Morgan fingerprint density at radius 3 is 2.06 bits per heavy atom. The molecule has 0 radical (unpaired) electrons. The summed E-state index contributed by atoms with van der Waals surface area (Å²) < 4.78 is 19.9. The standard InChI is InChI=1S/C74H124O7/c1-12-14-16-18-19-20-21-22-23-24-25-26-31-35-49-71(9)50-47-63-57(7)69(76)56(6)58(8)74(63,80-71)81-79-67(40-33-28-17-15-13-2)70-66(78-70)39-32-29-27-30-34-41-68(75)77-60-46-51-72(10)59(53-60)42-43-61-64-45-44-62(55(5)38-36-37-54(3)4)73(64,11)52-48-65(61)72/h33,40,42,54-55,60-62,64-67,70H,12-32,34-39,41,43-53H2,1-11H3/b40-33-/t55-,60+,61+,62-,64+,65+,66?,67?,70?,71-,72+,73-,74?/m1/s1. The molecule has 81 heavy (non-hydrogen) atoms. The lowest BCUT2D eigenvalue weighted by Crippen LogP contribution is -2.54. The summed E-state index contributed by atoms with van der Waals surface area (Å²) in [5.74, 6) is 3.91. The maximum atomic E-state index is 13.6. The Morgan fingerprint density at radius 2 is 1.37 bits per heavy atom. The first kappa shape index (κ1) is 66.5. The highest BCUT2D eigenvalue weighted by atomic mass is 17.2. The van der Waals surface area contributed by atoms with Gasteiger partial charge in [-0.05, 0) is 169 Å². The van der Waals surface area contributed by atoms with Gasteiger partial charge in [0.1, 0.15) is 18.3 Å². The second-order valence-electron chi connectivity index (χ2n) is 29.4. The predicted molar refractivity (Wildman–Crippen MR) is 336 cm³/mol. The van der Waals surface area contributed by atoms with Gasteiger partial charge in [-0.25, -0.2) is 4.89 Å². The Balaban J connectivity index is 0.817. The van der Waals surface area contributed by atoms with Crippen LogP contribution in [0, 0.1) is 46.3 Å². The van der Waals surface area contributed by atoms with Gasteiger partial charge in [0.05, 0.1) is 11.7 Å². The summed E-state index contributed by atoms with van der Waals surface area (Å²) in [6.45, 7) is 25.3. The van der Waals surface area contributed by atoms with Gasteiger partial charge in [-0.15, -0.1) is 0 Å². The van der Waals surface area contributed by atoms with Crippen molar-refractivity contribution in [3.05, 3.63) is 46.1 Å². The van der Waals surface area contributed by atoms with Gasteiger partial charge >= 0.3 is 5.97 Å². The van der Waals surface area contributed by atoms with Crippen molar-refractivity contribution >= 4 is 11.8 Å². The van der Waals surface area contributed by atoms with Gasteiger partial charge in [0.2, 0.25) is 5.79 Å². The molecule has 3 saturated carbocycles. The number of allylic oxidation sites excluding steroid dienone is 4. The lowest BCUT2D eigenvalue weighted by Gasteiger charge is -2.58. The van der Waals surface area contributed by atoms with Crippen LogP contribution in [0.25, 0.3) is 0 Å². The molecular weight excluding hydrogens is 1000 g/mol. The van der Waals surface area contributed by atoms with Crippen molar-refractivity contribution in [2.24, 2.45) is 46.3 Å². The Bertz CT molecular complexity index is 2080. The number of hydrogen-bond donors (Lipinski definition) is 0. The molecule has 7 nitrogen and oxygen atoms in total. The summed E-state index contributed by atoms with van der Waals surface area (Å²) in [6, 6.07) is 0. The first-order chi connectivity index (χ1) is 39.0. The summed E-state index contributed by atoms with van der Waals surface area (Å²) in [5, 5.41) is 0. The number of Topliss-reactive ketones (excluding diaryl/α,β-unsaturated/α-hetero) is 1. The van der Waals surface area contributed by atoms with E-state index in [1.165, 1.54) is 154 Å². The molecule has 5 aliphatic carbocycles. The molecule has 0 amide bonds. The van der Waals surface area contributed by atoms with Crippen molar-refractivity contribution in [1.82, 2.24) is 0 Å². The van der Waals surface area contributed by atoms with Crippen LogP contribution in [0.3, 0.4) is 0 Å². The molecule has 2 aliphatic heterocycles. The molecule has 0 aromatic carbocycles. The molecule has 2 heterocycles. The van der Waals surface area contributed by atoms with E-state index >= 15 is 0 Å². The van der Waals surface area contributed by atoms with Crippen LogP contribution in [0.15, 0.2) is 46.1 Å². The number of rotatable bonds is 38. The van der Waals surface area contributed by atoms with Crippen molar-refractivity contribution in [3.8, 4) is 0 Å². The lowest BCUT2D eigenvalue weighted by molar-refractivity contribution is -0.437. The number of ketones is 1. The largest absolute Gasteiger partial charge is 0.462 e. The van der Waals surface area contributed by atoms with Gasteiger partial charge in [0, 0.05) is 29.6 Å². The van der Waals surface area contributed by atoms with E-state index < -0.39 is 11.4 Å². The molecule has 7 rings (SSSR count). The van der Waals surface area contributed by atoms with E-state index in [0.29, 0.717) is 17.4 Å². The molecule has 0 spiro atoms. The van der Waals surface area contributed by atoms with Crippen molar-refractivity contribution in [1.29, 1.82) is 0 Å². The van der Waals surface area contributed by atoms with E-state index in [0.717, 1.165) is 142 Å². The van der Waals surface area contributed by atoms with Crippen LogP contribution in [0.1, 0.15) is 327 Å². The van der Waals surface area contributed by atoms with Gasteiger partial charge in [0.25, 0.3) is 0 Å². The second-order valence-corrected chi connectivity index (χ2v) is 29.4. The van der Waals surface area contributed by atoms with Gasteiger partial charge in [-0.2, -0.15) is 4.89 Å². The van der Waals surface area contributed by atoms with Crippen molar-refractivity contribution in [2.75, 3.05) is 0 Å². The summed E-state index contributed by atoms with van der Waals surface area (Å²) in [5.41, 5.74) is 5.16. The predicted octanol–water partition coefficient (Wildman–Crippen LogP) is 21.3. The summed E-state index contributed by atoms with van der Waals surface area (Å²) in [4.78, 5) is 40.2. The lowest BCUT2D eigenvalue weighted by atomic mass is 9.47. The van der Waals surface area contributed by atoms with Crippen molar-refractivity contribution in [2.45, 2.75) is 362 Å². The number of fused-ring (bicyclic) bond motifs is 6. The third-order valence-electron chi connectivity index (χ3n) is 22.9. The zero-order chi connectivity index (χ0) is 58.0. The van der Waals surface area contributed by atoms with E-state index in [9.17, 15) is 9.59 Å². The first-order valence-electron chi connectivity index (χ1n) is 35.2. The highest BCUT2D eigenvalue weighted by Crippen LogP contribution is 2.67. The smallest absolute Gasteiger partial charge is 0.306 e. The van der Waals surface area contributed by atoms with E-state index in [2.05, 4.69) is 73.6 Å². The average Bonchev–Trinajstić information content (AvgIpc) is 4.35. The van der Waals surface area contributed by atoms with Crippen LogP contribution in [0.2, 0.25) is 0 Å². The van der Waals surface area contributed by atoms with Crippen LogP contribution in [-0.2, 0) is 33.6 Å². The fraction of sp³-hybridized carbons (Fsp3) is 0.865. The fourth-order valence-corrected chi connectivity index (χ4v) is 17.5. The van der Waals surface area contributed by atoms with E-state index in [4.69, 9.17) is 24.0 Å². The third kappa shape index (κ3) is 17.6. The summed E-state index contributed by atoms with van der Waals surface area (Å²) in [7, 11) is 0. The minimum atomic E-state index is -1.23. The van der Waals surface area contributed by atoms with Crippen LogP contribution in [0.5, 0.6) is 0 Å². The van der Waals surface area contributed by atoms with Crippen LogP contribution < -0.4 is 0 Å². The van der Waals surface area contributed by atoms with Crippen molar-refractivity contribution < 1.29 is 33.6 Å². The molecule has 7 heteroatoms. The molecule has 462 valence electrons. The minimum Gasteiger partial charge on any atom is -0.462 e. The Labute approximate surface area is 497 Å². The average molecular weight is 1130 g/mol. The van der Waals surface area contributed by atoms with E-state index in [1.807, 2.05) is 20.8 Å². The quantitative estimate of drug-likeness (QED) is 0.0152. The van der Waals surface area contributed by atoms with Gasteiger partial charge in [-0.3, -0.25) is 9.59 Å². The third-order valence-corrected chi connectivity index (χ3v) is 22.9.